The Kier molecular flexibility index (Phi) is 6.98. The smallest absolute Gasteiger partial charge is 0.416 e. The van der Waals surface area contributed by atoms with Crippen molar-refractivity contribution in [2.75, 3.05) is 43.0 Å². The summed E-state index contributed by atoms with van der Waals surface area (Å²) in [6.45, 7) is 4.01. The molecule has 0 radical (unpaired) electrons. The number of anilines is 2. The van der Waals surface area contributed by atoms with Gasteiger partial charge in [0.15, 0.2) is 0 Å². The van der Waals surface area contributed by atoms with Crippen molar-refractivity contribution < 1.29 is 27.5 Å². The molecule has 1 aromatic heterocycles. The topological polar surface area (TPSA) is 74.8 Å². The Hall–Kier alpha value is -3.30. The van der Waals surface area contributed by atoms with E-state index in [1.807, 2.05) is 4.90 Å². The van der Waals surface area contributed by atoms with Crippen LogP contribution in [0.2, 0.25) is 0 Å². The molecule has 0 atom stereocenters. The third-order valence-electron chi connectivity index (χ3n) is 4.81. The molecule has 2 amide bonds. The zero-order valence-electron chi connectivity index (χ0n) is 17.0. The highest BCUT2D eigenvalue weighted by Gasteiger charge is 2.30. The first-order valence-corrected chi connectivity index (χ1v) is 9.89. The van der Waals surface area contributed by atoms with Crippen LogP contribution in [0.5, 0.6) is 0 Å². The molecule has 0 bridgehead atoms. The van der Waals surface area contributed by atoms with Crippen molar-refractivity contribution in [3.63, 3.8) is 0 Å². The molecular weight excluding hydrogens is 413 g/mol. The van der Waals surface area contributed by atoms with Gasteiger partial charge in [0.2, 0.25) is 0 Å². The van der Waals surface area contributed by atoms with Crippen molar-refractivity contribution in [3.8, 4) is 0 Å². The van der Waals surface area contributed by atoms with Crippen LogP contribution in [0.15, 0.2) is 42.6 Å². The maximum absolute atomic E-state index is 12.9. The van der Waals surface area contributed by atoms with Crippen LogP contribution in [0, 0.1) is 0 Å². The number of benzene rings is 1. The predicted molar refractivity (Wildman–Crippen MR) is 109 cm³/mol. The lowest BCUT2D eigenvalue weighted by Gasteiger charge is -2.23. The highest BCUT2D eigenvalue weighted by atomic mass is 19.4. The van der Waals surface area contributed by atoms with E-state index in [2.05, 4.69) is 10.3 Å². The maximum atomic E-state index is 12.9. The predicted octanol–water partition coefficient (Wildman–Crippen LogP) is 4.02. The fourth-order valence-electron chi connectivity index (χ4n) is 3.23. The van der Waals surface area contributed by atoms with E-state index in [-0.39, 0.29) is 12.3 Å². The van der Waals surface area contributed by atoms with Crippen molar-refractivity contribution in [2.24, 2.45) is 0 Å². The summed E-state index contributed by atoms with van der Waals surface area (Å²) in [5, 5.41) is 2.54. The number of esters is 1. The van der Waals surface area contributed by atoms with Gasteiger partial charge in [-0.15, -0.1) is 0 Å². The second kappa shape index (κ2) is 9.67. The number of nitrogens with zero attached hydrogens (tertiary/aromatic N) is 3. The number of rotatable bonds is 4. The van der Waals surface area contributed by atoms with Gasteiger partial charge in [0.1, 0.15) is 5.82 Å². The number of halogens is 3. The molecule has 1 aliphatic rings. The molecule has 10 heteroatoms. The molecule has 1 N–H and O–H groups in total. The molecule has 0 spiro atoms. The molecule has 31 heavy (non-hydrogen) atoms. The molecule has 2 aromatic rings. The van der Waals surface area contributed by atoms with Crippen LogP contribution in [0.3, 0.4) is 0 Å². The van der Waals surface area contributed by atoms with Crippen LogP contribution in [-0.2, 0) is 10.9 Å². The molecule has 0 unspecified atom stereocenters. The van der Waals surface area contributed by atoms with E-state index in [0.29, 0.717) is 44.0 Å². The Balaban J connectivity index is 1.59. The summed E-state index contributed by atoms with van der Waals surface area (Å²) in [6.07, 6.45) is -2.35. The molecule has 1 saturated heterocycles. The zero-order chi connectivity index (χ0) is 22.4. The van der Waals surface area contributed by atoms with E-state index in [1.165, 1.54) is 18.3 Å². The van der Waals surface area contributed by atoms with Crippen molar-refractivity contribution in [1.29, 1.82) is 0 Å². The molecule has 1 fully saturated rings. The van der Waals surface area contributed by atoms with Crippen LogP contribution in [0.1, 0.15) is 29.3 Å². The molecule has 0 saturated carbocycles. The van der Waals surface area contributed by atoms with Crippen molar-refractivity contribution in [3.05, 3.63) is 53.7 Å². The second-order valence-electron chi connectivity index (χ2n) is 6.96. The van der Waals surface area contributed by atoms with Crippen LogP contribution in [-0.4, -0.2) is 54.7 Å². The largest absolute Gasteiger partial charge is 0.462 e. The quantitative estimate of drug-likeness (QED) is 0.733. The summed E-state index contributed by atoms with van der Waals surface area (Å²) < 4.78 is 43.5. The Labute approximate surface area is 177 Å². The van der Waals surface area contributed by atoms with Gasteiger partial charge in [0, 0.05) is 38.1 Å². The number of pyridine rings is 1. The van der Waals surface area contributed by atoms with Crippen LogP contribution in [0.4, 0.5) is 29.5 Å². The number of alkyl halides is 3. The van der Waals surface area contributed by atoms with E-state index in [9.17, 15) is 22.8 Å². The van der Waals surface area contributed by atoms with Crippen LogP contribution in [0.25, 0.3) is 0 Å². The number of urea groups is 1. The first kappa shape index (κ1) is 22.4. The van der Waals surface area contributed by atoms with Crippen LogP contribution < -0.4 is 10.2 Å². The standard InChI is InChI=1S/C21H23F3N4O3/c1-2-31-19(29)15-7-8-18(25-14-15)27-9-4-10-28(12-11-27)20(30)26-17-6-3-5-16(13-17)21(22,23)24/h3,5-8,13-14H,2,4,9-12H2,1H3,(H,26,30). The Bertz CT molecular complexity index is 919. The average molecular weight is 436 g/mol. The lowest BCUT2D eigenvalue weighted by Crippen LogP contribution is -2.38. The SMILES string of the molecule is CCOC(=O)c1ccc(N2CCCN(C(=O)Nc3cccc(C(F)(F)F)c3)CC2)nc1. The van der Waals surface area contributed by atoms with Gasteiger partial charge in [-0.05, 0) is 43.7 Å². The van der Waals surface area contributed by atoms with Gasteiger partial charge in [0.05, 0.1) is 17.7 Å². The molecule has 0 aliphatic carbocycles. The van der Waals surface area contributed by atoms with Gasteiger partial charge in [-0.1, -0.05) is 6.07 Å². The Morgan fingerprint density at radius 1 is 1.13 bits per heavy atom. The molecule has 2 heterocycles. The number of carbonyl (C=O) groups is 2. The third-order valence-corrected chi connectivity index (χ3v) is 4.81. The first-order valence-electron chi connectivity index (χ1n) is 9.89. The number of hydrogen-bond donors (Lipinski definition) is 1. The van der Waals surface area contributed by atoms with Gasteiger partial charge < -0.3 is 19.9 Å². The van der Waals surface area contributed by atoms with Crippen molar-refractivity contribution in [1.82, 2.24) is 9.88 Å². The number of aromatic nitrogens is 1. The van der Waals surface area contributed by atoms with Crippen molar-refractivity contribution in [2.45, 2.75) is 19.5 Å². The molecular formula is C21H23F3N4O3. The number of hydrogen-bond acceptors (Lipinski definition) is 5. The second-order valence-corrected chi connectivity index (χ2v) is 6.96. The van der Waals surface area contributed by atoms with Gasteiger partial charge in [-0.2, -0.15) is 13.2 Å². The van der Waals surface area contributed by atoms with Gasteiger partial charge in [0.25, 0.3) is 0 Å². The fourth-order valence-corrected chi connectivity index (χ4v) is 3.23. The van der Waals surface area contributed by atoms with E-state index >= 15 is 0 Å². The maximum Gasteiger partial charge on any atom is 0.416 e. The lowest BCUT2D eigenvalue weighted by atomic mass is 10.2. The number of ether oxygens (including phenoxy) is 1. The summed E-state index contributed by atoms with van der Waals surface area (Å²) in [7, 11) is 0. The highest BCUT2D eigenvalue weighted by molar-refractivity contribution is 5.90. The van der Waals surface area contributed by atoms with Gasteiger partial charge in [-0.3, -0.25) is 0 Å². The van der Waals surface area contributed by atoms with E-state index in [4.69, 9.17) is 4.74 Å². The van der Waals surface area contributed by atoms with Crippen molar-refractivity contribution >= 4 is 23.5 Å². The molecule has 3 rings (SSSR count). The summed E-state index contributed by atoms with van der Waals surface area (Å²) >= 11 is 0. The highest BCUT2D eigenvalue weighted by Crippen LogP contribution is 2.30. The number of amides is 2. The molecule has 7 nitrogen and oxygen atoms in total. The van der Waals surface area contributed by atoms with E-state index in [1.54, 1.807) is 24.0 Å². The summed E-state index contributed by atoms with van der Waals surface area (Å²) in [4.78, 5) is 32.2. The summed E-state index contributed by atoms with van der Waals surface area (Å²) in [5.74, 6) is 0.239. The monoisotopic (exact) mass is 436 g/mol. The first-order chi connectivity index (χ1) is 14.8. The summed E-state index contributed by atoms with van der Waals surface area (Å²) in [6, 6.07) is 7.47. The normalized spacial score (nSPS) is 14.7. The van der Waals surface area contributed by atoms with E-state index in [0.717, 1.165) is 12.1 Å². The van der Waals surface area contributed by atoms with E-state index < -0.39 is 23.7 Å². The molecule has 166 valence electrons. The number of nitrogens with one attached hydrogen (secondary N) is 1. The minimum atomic E-state index is -4.47. The minimum Gasteiger partial charge on any atom is -0.462 e. The zero-order valence-corrected chi connectivity index (χ0v) is 17.0. The van der Waals surface area contributed by atoms with Gasteiger partial charge >= 0.3 is 18.2 Å². The molecule has 1 aliphatic heterocycles. The minimum absolute atomic E-state index is 0.0946. The van der Waals surface area contributed by atoms with Gasteiger partial charge in [-0.25, -0.2) is 14.6 Å². The summed E-state index contributed by atoms with van der Waals surface area (Å²) in [5.41, 5.74) is -0.357. The molecule has 1 aromatic carbocycles. The van der Waals surface area contributed by atoms with Crippen LogP contribution >= 0.6 is 0 Å². The lowest BCUT2D eigenvalue weighted by molar-refractivity contribution is -0.137. The fraction of sp³-hybridized carbons (Fsp3) is 0.381. The number of carbonyl (C=O) groups excluding carboxylic acids is 2. The third kappa shape index (κ3) is 5.87. The average Bonchev–Trinajstić information content (AvgIpc) is 3.00. The Morgan fingerprint density at radius 3 is 2.61 bits per heavy atom. The Morgan fingerprint density at radius 2 is 1.94 bits per heavy atom.